The minimum Gasteiger partial charge on any atom is -0.492 e. The van der Waals surface area contributed by atoms with Crippen molar-refractivity contribution in [2.75, 3.05) is 19.9 Å². The molecule has 0 aromatic heterocycles. The lowest BCUT2D eigenvalue weighted by molar-refractivity contribution is -0.124. The van der Waals surface area contributed by atoms with Crippen molar-refractivity contribution in [3.8, 4) is 17.2 Å². The Labute approximate surface area is 112 Å². The number of carbonyl (C=O) groups is 1. The zero-order valence-corrected chi connectivity index (χ0v) is 11.3. The van der Waals surface area contributed by atoms with Gasteiger partial charge in [-0.3, -0.25) is 4.79 Å². The van der Waals surface area contributed by atoms with Crippen molar-refractivity contribution < 1.29 is 19.0 Å². The van der Waals surface area contributed by atoms with Crippen LogP contribution < -0.4 is 19.5 Å². The Morgan fingerprint density at radius 3 is 3.00 bits per heavy atom. The maximum atomic E-state index is 11.5. The highest BCUT2D eigenvalue weighted by atomic mass is 16.7. The van der Waals surface area contributed by atoms with E-state index in [1.807, 2.05) is 26.0 Å². The van der Waals surface area contributed by atoms with Gasteiger partial charge in [-0.1, -0.05) is 13.8 Å². The molecule has 1 aliphatic rings. The number of fused-ring (bicyclic) bond motifs is 1. The maximum absolute atomic E-state index is 11.5. The third-order valence-corrected chi connectivity index (χ3v) is 3.07. The van der Waals surface area contributed by atoms with Crippen molar-refractivity contribution in [2.45, 2.75) is 20.3 Å². The van der Waals surface area contributed by atoms with Gasteiger partial charge in [0.1, 0.15) is 12.4 Å². The zero-order chi connectivity index (χ0) is 13.7. The Morgan fingerprint density at radius 1 is 1.42 bits per heavy atom. The van der Waals surface area contributed by atoms with Gasteiger partial charge in [0, 0.05) is 12.0 Å². The van der Waals surface area contributed by atoms with Crippen molar-refractivity contribution in [1.82, 2.24) is 5.32 Å². The van der Waals surface area contributed by atoms with E-state index in [0.29, 0.717) is 24.7 Å². The van der Waals surface area contributed by atoms with Gasteiger partial charge in [0.2, 0.25) is 12.7 Å². The molecule has 0 radical (unpaired) electrons. The molecule has 0 aliphatic carbocycles. The monoisotopic (exact) mass is 265 g/mol. The quantitative estimate of drug-likeness (QED) is 0.799. The predicted octanol–water partition coefficient (Wildman–Crippen LogP) is 1.96. The summed E-state index contributed by atoms with van der Waals surface area (Å²) in [6.45, 7) is 5.09. The fourth-order valence-electron chi connectivity index (χ4n) is 1.67. The zero-order valence-electron chi connectivity index (χ0n) is 11.3. The van der Waals surface area contributed by atoms with Gasteiger partial charge >= 0.3 is 0 Å². The van der Waals surface area contributed by atoms with E-state index in [4.69, 9.17) is 14.2 Å². The third kappa shape index (κ3) is 3.53. The molecule has 0 spiro atoms. The van der Waals surface area contributed by atoms with Crippen LogP contribution in [0, 0.1) is 5.92 Å². The predicted molar refractivity (Wildman–Crippen MR) is 70.5 cm³/mol. The molecule has 0 fully saturated rings. The summed E-state index contributed by atoms with van der Waals surface area (Å²) >= 11 is 0. The summed E-state index contributed by atoms with van der Waals surface area (Å²) in [5.74, 6) is 2.25. The van der Waals surface area contributed by atoms with Gasteiger partial charge in [0.25, 0.3) is 0 Å². The summed E-state index contributed by atoms with van der Waals surface area (Å²) < 4.78 is 16.0. The van der Waals surface area contributed by atoms with Gasteiger partial charge in [-0.15, -0.1) is 0 Å². The number of ether oxygens (including phenoxy) is 3. The summed E-state index contributed by atoms with van der Waals surface area (Å²) in [4.78, 5) is 11.5. The van der Waals surface area contributed by atoms with Crippen LogP contribution in [0.25, 0.3) is 0 Å². The fraction of sp³-hybridized carbons (Fsp3) is 0.500. The van der Waals surface area contributed by atoms with Crippen molar-refractivity contribution in [3.05, 3.63) is 18.2 Å². The molecule has 1 N–H and O–H groups in total. The molecule has 0 saturated carbocycles. The van der Waals surface area contributed by atoms with Crippen LogP contribution in [0.15, 0.2) is 18.2 Å². The number of carbonyl (C=O) groups excluding carboxylic acids is 1. The Balaban J connectivity index is 1.73. The van der Waals surface area contributed by atoms with E-state index < -0.39 is 0 Å². The van der Waals surface area contributed by atoms with Crippen LogP contribution in [0.3, 0.4) is 0 Å². The molecule has 0 bridgehead atoms. The second-order valence-electron chi connectivity index (χ2n) is 4.46. The summed E-state index contributed by atoms with van der Waals surface area (Å²) in [5.41, 5.74) is 0. The first-order valence-electron chi connectivity index (χ1n) is 6.51. The Bertz CT molecular complexity index is 447. The molecule has 1 aliphatic heterocycles. The number of nitrogens with one attached hydrogen (secondary N) is 1. The summed E-state index contributed by atoms with van der Waals surface area (Å²) in [5, 5.41) is 2.84. The highest BCUT2D eigenvalue weighted by Crippen LogP contribution is 2.34. The summed E-state index contributed by atoms with van der Waals surface area (Å²) in [6, 6.07) is 5.43. The molecule has 19 heavy (non-hydrogen) atoms. The summed E-state index contributed by atoms with van der Waals surface area (Å²) in [7, 11) is 0. The first-order chi connectivity index (χ1) is 9.20. The first kappa shape index (κ1) is 13.5. The van der Waals surface area contributed by atoms with E-state index >= 15 is 0 Å². The SMILES string of the molecule is CCC(C)C(=O)NCCOc1ccc2c(c1)OCO2. The van der Waals surface area contributed by atoms with Crippen LogP contribution in [-0.2, 0) is 4.79 Å². The van der Waals surface area contributed by atoms with Gasteiger partial charge in [-0.05, 0) is 18.6 Å². The topological polar surface area (TPSA) is 56.8 Å². The Morgan fingerprint density at radius 2 is 2.21 bits per heavy atom. The number of benzene rings is 1. The minimum atomic E-state index is 0.0468. The molecule has 5 heteroatoms. The molecule has 1 heterocycles. The Kier molecular flexibility index (Phi) is 4.49. The molecule has 2 rings (SSSR count). The van der Waals surface area contributed by atoms with Crippen LogP contribution in [0.5, 0.6) is 17.2 Å². The van der Waals surface area contributed by atoms with Crippen LogP contribution in [-0.4, -0.2) is 25.9 Å². The second-order valence-corrected chi connectivity index (χ2v) is 4.46. The average Bonchev–Trinajstić information content (AvgIpc) is 2.89. The number of rotatable bonds is 6. The molecule has 1 aromatic rings. The van der Waals surface area contributed by atoms with Crippen LogP contribution >= 0.6 is 0 Å². The number of hydrogen-bond donors (Lipinski definition) is 1. The van der Waals surface area contributed by atoms with E-state index in [1.54, 1.807) is 6.07 Å². The highest BCUT2D eigenvalue weighted by Gasteiger charge is 2.13. The molecule has 1 unspecified atom stereocenters. The van der Waals surface area contributed by atoms with Gasteiger partial charge in [-0.2, -0.15) is 0 Å². The second kappa shape index (κ2) is 6.31. The third-order valence-electron chi connectivity index (χ3n) is 3.07. The normalized spacial score (nSPS) is 14.0. The summed E-state index contributed by atoms with van der Waals surface area (Å²) in [6.07, 6.45) is 0.842. The maximum Gasteiger partial charge on any atom is 0.231 e. The molecule has 1 atom stereocenters. The number of hydrogen-bond acceptors (Lipinski definition) is 4. The standard InChI is InChI=1S/C14H19NO4/c1-3-10(2)14(16)15-6-7-17-11-4-5-12-13(8-11)19-9-18-12/h4-5,8,10H,3,6-7,9H2,1-2H3,(H,15,16). The van der Waals surface area contributed by atoms with Gasteiger partial charge in [-0.25, -0.2) is 0 Å². The Hall–Kier alpha value is -1.91. The molecule has 0 saturated heterocycles. The smallest absolute Gasteiger partial charge is 0.231 e. The van der Waals surface area contributed by atoms with E-state index in [9.17, 15) is 4.79 Å². The van der Waals surface area contributed by atoms with Crippen LogP contribution in [0.2, 0.25) is 0 Å². The molecule has 1 aromatic carbocycles. The van der Waals surface area contributed by atoms with E-state index in [1.165, 1.54) is 0 Å². The molecular formula is C14H19NO4. The fourth-order valence-corrected chi connectivity index (χ4v) is 1.67. The van der Waals surface area contributed by atoms with E-state index in [0.717, 1.165) is 12.2 Å². The largest absolute Gasteiger partial charge is 0.492 e. The minimum absolute atomic E-state index is 0.0468. The number of amides is 1. The van der Waals surface area contributed by atoms with Crippen molar-refractivity contribution in [1.29, 1.82) is 0 Å². The lowest BCUT2D eigenvalue weighted by atomic mass is 10.1. The van der Waals surface area contributed by atoms with Crippen molar-refractivity contribution in [3.63, 3.8) is 0 Å². The van der Waals surface area contributed by atoms with E-state index in [-0.39, 0.29) is 18.6 Å². The lowest BCUT2D eigenvalue weighted by Crippen LogP contribution is -2.32. The average molecular weight is 265 g/mol. The van der Waals surface area contributed by atoms with Crippen LogP contribution in [0.1, 0.15) is 20.3 Å². The van der Waals surface area contributed by atoms with E-state index in [2.05, 4.69) is 5.32 Å². The van der Waals surface area contributed by atoms with Gasteiger partial charge < -0.3 is 19.5 Å². The van der Waals surface area contributed by atoms with Gasteiger partial charge in [0.05, 0.1) is 6.54 Å². The van der Waals surface area contributed by atoms with Crippen LogP contribution in [0.4, 0.5) is 0 Å². The first-order valence-corrected chi connectivity index (χ1v) is 6.51. The molecule has 5 nitrogen and oxygen atoms in total. The van der Waals surface area contributed by atoms with Crippen molar-refractivity contribution >= 4 is 5.91 Å². The van der Waals surface area contributed by atoms with Crippen molar-refractivity contribution in [2.24, 2.45) is 5.92 Å². The van der Waals surface area contributed by atoms with Gasteiger partial charge in [0.15, 0.2) is 11.5 Å². The molecular weight excluding hydrogens is 246 g/mol. The lowest BCUT2D eigenvalue weighted by Gasteiger charge is -2.11. The molecule has 1 amide bonds. The molecule has 104 valence electrons. The highest BCUT2D eigenvalue weighted by molar-refractivity contribution is 5.78.